The number of nitrogens with two attached hydrogens (primary N) is 2. The molecule has 0 bridgehead atoms. The zero-order chi connectivity index (χ0) is 8.24. The van der Waals surface area contributed by atoms with Gasteiger partial charge in [0.2, 0.25) is 0 Å². The first-order chi connectivity index (χ1) is 4.83. The summed E-state index contributed by atoms with van der Waals surface area (Å²) in [6.45, 7) is 0. The van der Waals surface area contributed by atoms with Gasteiger partial charge in [-0.15, -0.1) is 10.2 Å². The zero-order valence-electron chi connectivity index (χ0n) is 5.81. The molecule has 0 aromatic rings. The zero-order valence-corrected chi connectivity index (χ0v) is 5.81. The van der Waals surface area contributed by atoms with Gasteiger partial charge in [-0.3, -0.25) is 0 Å². The summed E-state index contributed by atoms with van der Waals surface area (Å²) in [5.41, 5.74) is 12.0. The fraction of sp³-hybridized carbons (Fsp3) is 0. The van der Waals surface area contributed by atoms with Crippen molar-refractivity contribution in [2.75, 3.05) is 0 Å². The average Bonchev–Trinajstić information content (AvgIpc) is 1.93. The minimum atomic E-state index is 0. The lowest BCUT2D eigenvalue weighted by Crippen LogP contribution is -1.75. The van der Waals surface area contributed by atoms with Crippen LogP contribution in [0.1, 0.15) is 0 Å². The number of hydrogen-bond acceptors (Lipinski definition) is 7. The largest absolute Gasteiger partial charge is 0.344 e. The third kappa shape index (κ3) is 68.3. The van der Waals surface area contributed by atoms with E-state index in [0.29, 0.717) is 0 Å². The molecule has 0 fully saturated rings. The van der Waals surface area contributed by atoms with Crippen molar-refractivity contribution in [3.63, 3.8) is 0 Å². The second kappa shape index (κ2) is 24.3. The number of nitrogens with zero attached hydrogens (tertiary/aromatic N) is 4. The molecule has 0 rings (SSSR count). The molecule has 9 heteroatoms. The van der Waals surface area contributed by atoms with Gasteiger partial charge in [0.05, 0.1) is 0 Å². The Morgan fingerprint density at radius 3 is 1.18 bits per heavy atom. The van der Waals surface area contributed by atoms with Gasteiger partial charge in [0.25, 0.3) is 0 Å². The lowest BCUT2D eigenvalue weighted by Gasteiger charge is -1.58. The molecule has 0 saturated heterocycles. The highest BCUT2D eigenvalue weighted by molar-refractivity contribution is 5.53. The van der Waals surface area contributed by atoms with Gasteiger partial charge in [-0.25, -0.2) is 11.1 Å². The predicted molar refractivity (Wildman–Crippen MR) is 40.7 cm³/mol. The quantitative estimate of drug-likeness (QED) is 0.126. The molecule has 0 unspecified atom stereocenters. The summed E-state index contributed by atoms with van der Waals surface area (Å²) < 4.78 is 0. The summed E-state index contributed by atoms with van der Waals surface area (Å²) in [5.74, 6) is 8.99. The number of nitrogens with one attached hydrogen (secondary N) is 2. The van der Waals surface area contributed by atoms with Gasteiger partial charge < -0.3 is 17.8 Å². The highest BCUT2D eigenvalue weighted by Gasteiger charge is 1.44. The van der Waals surface area contributed by atoms with Gasteiger partial charge >= 0.3 is 0 Å². The molecule has 0 aromatic carbocycles. The van der Waals surface area contributed by atoms with Crippen molar-refractivity contribution < 1.29 is 0 Å². The maximum absolute atomic E-state index is 6.00. The summed E-state index contributed by atoms with van der Waals surface area (Å²) >= 11 is 0. The van der Waals surface area contributed by atoms with E-state index in [-0.39, 0.29) is 6.15 Å². The van der Waals surface area contributed by atoms with Crippen LogP contribution in [0.25, 0.3) is 0 Å². The molecular formula is C2H11N9. The molecule has 0 atom stereocenters. The Labute approximate surface area is 63.1 Å². The molecule has 0 heterocycles. The summed E-state index contributed by atoms with van der Waals surface area (Å²) in [4.78, 5) is 0. The van der Waals surface area contributed by atoms with Crippen molar-refractivity contribution in [1.29, 1.82) is 11.1 Å². The third-order valence-electron chi connectivity index (χ3n) is 0.249. The fourth-order valence-electron chi connectivity index (χ4n) is 0.0667. The van der Waals surface area contributed by atoms with Gasteiger partial charge in [0.15, 0.2) is 12.7 Å². The molecule has 0 radical (unpaired) electrons. The molecule has 0 aliphatic rings. The molecule has 11 heavy (non-hydrogen) atoms. The minimum absolute atomic E-state index is 0. The second-order valence-electron chi connectivity index (χ2n) is 0.787. The minimum Gasteiger partial charge on any atom is -0.344 e. The van der Waals surface area contributed by atoms with Gasteiger partial charge in [-0.2, -0.15) is 10.2 Å². The smallest absolute Gasteiger partial charge is 0.156 e. The molecule has 0 spiro atoms. The fourth-order valence-corrected chi connectivity index (χ4v) is 0.0667. The molecule has 0 amide bonds. The summed E-state index contributed by atoms with van der Waals surface area (Å²) in [5, 5.41) is 11.1. The third-order valence-corrected chi connectivity index (χ3v) is 0.249. The van der Waals surface area contributed by atoms with E-state index in [1.807, 2.05) is 0 Å². The van der Waals surface area contributed by atoms with Crippen LogP contribution in [-0.4, -0.2) is 12.7 Å². The van der Waals surface area contributed by atoms with E-state index in [4.69, 9.17) is 11.1 Å². The van der Waals surface area contributed by atoms with E-state index in [2.05, 4.69) is 32.1 Å². The van der Waals surface area contributed by atoms with Crippen molar-refractivity contribution in [2.24, 2.45) is 32.1 Å². The van der Waals surface area contributed by atoms with Crippen LogP contribution in [0, 0.1) is 11.1 Å². The highest BCUT2D eigenvalue weighted by Crippen LogP contribution is 1.45. The van der Waals surface area contributed by atoms with E-state index < -0.39 is 0 Å². The monoisotopic (exact) mass is 161 g/mol. The van der Waals surface area contributed by atoms with Crippen LogP contribution in [0.4, 0.5) is 0 Å². The van der Waals surface area contributed by atoms with Gasteiger partial charge in [-0.1, -0.05) is 0 Å². The maximum atomic E-state index is 6.00. The van der Waals surface area contributed by atoms with Crippen molar-refractivity contribution in [1.82, 2.24) is 6.15 Å². The lowest BCUT2D eigenvalue weighted by atomic mass is 11.4. The first kappa shape index (κ1) is 16.0. The SMILES string of the molecule is N.N=NC=NN.N=NC=NN. The van der Waals surface area contributed by atoms with Crippen LogP contribution in [-0.2, 0) is 0 Å². The van der Waals surface area contributed by atoms with Gasteiger partial charge in [0.1, 0.15) is 0 Å². The van der Waals surface area contributed by atoms with Crippen LogP contribution in [0.2, 0.25) is 0 Å². The first-order valence-electron chi connectivity index (χ1n) is 2.00. The topological polar surface area (TPSA) is 184 Å². The van der Waals surface area contributed by atoms with E-state index in [9.17, 15) is 0 Å². The van der Waals surface area contributed by atoms with Crippen LogP contribution in [0.5, 0.6) is 0 Å². The Balaban J connectivity index is -0.000000107. The van der Waals surface area contributed by atoms with E-state index in [1.165, 1.54) is 0 Å². The Morgan fingerprint density at radius 1 is 0.909 bits per heavy atom. The molecule has 0 aliphatic carbocycles. The van der Waals surface area contributed by atoms with Crippen molar-refractivity contribution in [2.45, 2.75) is 0 Å². The lowest BCUT2D eigenvalue weighted by molar-refractivity contribution is 1.17. The van der Waals surface area contributed by atoms with Gasteiger partial charge in [0, 0.05) is 0 Å². The van der Waals surface area contributed by atoms with Crippen molar-refractivity contribution in [3.8, 4) is 0 Å². The normalized spacial score (nSPS) is 8.00. The number of rotatable bonds is 2. The molecular weight excluding hydrogens is 150 g/mol. The van der Waals surface area contributed by atoms with Crippen LogP contribution in [0.3, 0.4) is 0 Å². The van der Waals surface area contributed by atoms with E-state index >= 15 is 0 Å². The molecule has 9 N–H and O–H groups in total. The predicted octanol–water partition coefficient (Wildman–Crippen LogP) is 0.000740. The summed E-state index contributed by atoms with van der Waals surface area (Å²) in [6.07, 6.45) is 1.89. The second-order valence-corrected chi connectivity index (χ2v) is 0.787. The Kier molecular flexibility index (Phi) is 35.4. The van der Waals surface area contributed by atoms with Crippen molar-refractivity contribution in [3.05, 3.63) is 0 Å². The Hall–Kier alpha value is -1.90. The van der Waals surface area contributed by atoms with E-state index in [1.54, 1.807) is 0 Å². The van der Waals surface area contributed by atoms with Crippen LogP contribution < -0.4 is 17.8 Å². The molecule has 64 valence electrons. The molecule has 0 aliphatic heterocycles. The first-order valence-corrected chi connectivity index (χ1v) is 2.00. The molecule has 9 nitrogen and oxygen atoms in total. The average molecular weight is 161 g/mol. The number of hydrazone groups is 2. The van der Waals surface area contributed by atoms with Crippen LogP contribution >= 0.6 is 0 Å². The van der Waals surface area contributed by atoms with Crippen LogP contribution in [0.15, 0.2) is 20.4 Å². The standard InChI is InChI=1S/2CH4N4.H3N/c2*2-4-1-5-3;/h2*1-2H,3H2;1H3. The molecule has 0 aromatic heterocycles. The number of hydrogen-bond donors (Lipinski definition) is 5. The highest BCUT2D eigenvalue weighted by atomic mass is 15.2. The molecule has 0 saturated carbocycles. The maximum Gasteiger partial charge on any atom is 0.156 e. The van der Waals surface area contributed by atoms with Gasteiger partial charge in [-0.05, 0) is 0 Å². The Bertz CT molecular complexity index is 108. The van der Waals surface area contributed by atoms with Crippen molar-refractivity contribution >= 4 is 12.7 Å². The summed E-state index contributed by atoms with van der Waals surface area (Å²) in [6, 6.07) is 0. The summed E-state index contributed by atoms with van der Waals surface area (Å²) in [7, 11) is 0. The Morgan fingerprint density at radius 2 is 1.18 bits per heavy atom. The van der Waals surface area contributed by atoms with E-state index in [0.717, 1.165) is 12.7 Å².